The standard InChI is InChI=1S/C19H32N2/c1-5-12-21-13-8-10-18(14-21)16(3)20-17(4)19-11-7-6-9-15(19)2/h6-7,9,11,16-18,20H,5,8,10,12-14H2,1-4H3/t16?,17-,18?/m0/s1. The third-order valence-electron chi connectivity index (χ3n) is 4.96. The van der Waals surface area contributed by atoms with Gasteiger partial charge in [0.2, 0.25) is 0 Å². The summed E-state index contributed by atoms with van der Waals surface area (Å²) in [5, 5.41) is 3.84. The zero-order valence-electron chi connectivity index (χ0n) is 14.2. The molecule has 1 aromatic carbocycles. The summed E-state index contributed by atoms with van der Waals surface area (Å²) in [5.41, 5.74) is 2.83. The molecule has 0 amide bonds. The first-order chi connectivity index (χ1) is 10.1. The molecule has 1 N–H and O–H groups in total. The molecule has 0 radical (unpaired) electrons. The molecule has 1 heterocycles. The number of likely N-dealkylation sites (tertiary alicyclic amines) is 1. The van der Waals surface area contributed by atoms with Crippen molar-refractivity contribution in [3.8, 4) is 0 Å². The summed E-state index contributed by atoms with van der Waals surface area (Å²) in [4.78, 5) is 2.64. The maximum atomic E-state index is 3.84. The first kappa shape index (κ1) is 16.5. The SMILES string of the molecule is CCCN1CCCC(C(C)N[C@@H](C)c2ccccc2C)C1. The largest absolute Gasteiger partial charge is 0.307 e. The van der Waals surface area contributed by atoms with Gasteiger partial charge in [-0.15, -0.1) is 0 Å². The van der Waals surface area contributed by atoms with Crippen LogP contribution in [0.4, 0.5) is 0 Å². The van der Waals surface area contributed by atoms with Crippen LogP contribution >= 0.6 is 0 Å². The number of benzene rings is 1. The van der Waals surface area contributed by atoms with E-state index < -0.39 is 0 Å². The van der Waals surface area contributed by atoms with Crippen LogP contribution in [-0.4, -0.2) is 30.6 Å². The molecule has 2 unspecified atom stereocenters. The average Bonchev–Trinajstić information content (AvgIpc) is 2.48. The highest BCUT2D eigenvalue weighted by Gasteiger charge is 2.25. The Labute approximate surface area is 130 Å². The molecule has 3 atom stereocenters. The number of hydrogen-bond donors (Lipinski definition) is 1. The van der Waals surface area contributed by atoms with E-state index in [1.165, 1.54) is 50.0 Å². The molecule has 1 saturated heterocycles. The molecular formula is C19H32N2. The molecule has 0 saturated carbocycles. The summed E-state index contributed by atoms with van der Waals surface area (Å²) in [7, 11) is 0. The lowest BCUT2D eigenvalue weighted by Gasteiger charge is -2.37. The molecule has 1 aromatic rings. The van der Waals surface area contributed by atoms with Gasteiger partial charge in [-0.3, -0.25) is 0 Å². The van der Waals surface area contributed by atoms with E-state index in [0.717, 1.165) is 5.92 Å². The normalized spacial score (nSPS) is 23.0. The Morgan fingerprint density at radius 2 is 2.05 bits per heavy atom. The van der Waals surface area contributed by atoms with Crippen molar-refractivity contribution in [3.05, 3.63) is 35.4 Å². The molecular weight excluding hydrogens is 256 g/mol. The highest BCUT2D eigenvalue weighted by Crippen LogP contribution is 2.23. The zero-order chi connectivity index (χ0) is 15.2. The number of aryl methyl sites for hydroxylation is 1. The molecule has 0 aromatic heterocycles. The van der Waals surface area contributed by atoms with Crippen LogP contribution in [0.1, 0.15) is 57.2 Å². The fourth-order valence-corrected chi connectivity index (χ4v) is 3.71. The van der Waals surface area contributed by atoms with Gasteiger partial charge in [0.05, 0.1) is 0 Å². The summed E-state index contributed by atoms with van der Waals surface area (Å²) >= 11 is 0. The lowest BCUT2D eigenvalue weighted by atomic mass is 9.90. The van der Waals surface area contributed by atoms with E-state index in [-0.39, 0.29) is 0 Å². The summed E-state index contributed by atoms with van der Waals surface area (Å²) < 4.78 is 0. The molecule has 0 aliphatic carbocycles. The van der Waals surface area contributed by atoms with Crippen molar-refractivity contribution in [1.29, 1.82) is 0 Å². The number of piperidine rings is 1. The molecule has 118 valence electrons. The van der Waals surface area contributed by atoms with Crippen LogP contribution in [0.25, 0.3) is 0 Å². The second-order valence-corrected chi connectivity index (χ2v) is 6.74. The van der Waals surface area contributed by atoms with Crippen molar-refractivity contribution < 1.29 is 0 Å². The van der Waals surface area contributed by atoms with Gasteiger partial charge in [-0.05, 0) is 70.2 Å². The Morgan fingerprint density at radius 1 is 1.29 bits per heavy atom. The Kier molecular flexibility index (Phi) is 6.25. The monoisotopic (exact) mass is 288 g/mol. The van der Waals surface area contributed by atoms with Crippen LogP contribution < -0.4 is 5.32 Å². The van der Waals surface area contributed by atoms with Crippen molar-refractivity contribution in [2.75, 3.05) is 19.6 Å². The predicted octanol–water partition coefficient (Wildman–Crippen LogP) is 4.16. The summed E-state index contributed by atoms with van der Waals surface area (Å²) in [6.07, 6.45) is 4.00. The van der Waals surface area contributed by atoms with Gasteiger partial charge in [0, 0.05) is 18.6 Å². The third-order valence-corrected chi connectivity index (χ3v) is 4.96. The Bertz CT molecular complexity index is 427. The second kappa shape index (κ2) is 7.95. The molecule has 21 heavy (non-hydrogen) atoms. The van der Waals surface area contributed by atoms with Crippen LogP contribution in [0.2, 0.25) is 0 Å². The maximum Gasteiger partial charge on any atom is 0.0296 e. The molecule has 2 heteroatoms. The van der Waals surface area contributed by atoms with Crippen molar-refractivity contribution in [2.45, 2.75) is 59.0 Å². The highest BCUT2D eigenvalue weighted by molar-refractivity contribution is 5.28. The lowest BCUT2D eigenvalue weighted by Crippen LogP contribution is -2.45. The fraction of sp³-hybridized carbons (Fsp3) is 0.684. The topological polar surface area (TPSA) is 15.3 Å². The fourth-order valence-electron chi connectivity index (χ4n) is 3.71. The number of nitrogens with one attached hydrogen (secondary N) is 1. The first-order valence-corrected chi connectivity index (χ1v) is 8.65. The second-order valence-electron chi connectivity index (χ2n) is 6.74. The molecule has 0 bridgehead atoms. The number of nitrogens with zero attached hydrogens (tertiary/aromatic N) is 1. The van der Waals surface area contributed by atoms with Crippen LogP contribution in [0.3, 0.4) is 0 Å². The van der Waals surface area contributed by atoms with Crippen molar-refractivity contribution in [1.82, 2.24) is 10.2 Å². The van der Waals surface area contributed by atoms with Gasteiger partial charge in [-0.25, -0.2) is 0 Å². The minimum absolute atomic E-state index is 0.433. The van der Waals surface area contributed by atoms with Gasteiger partial charge >= 0.3 is 0 Å². The van der Waals surface area contributed by atoms with Gasteiger partial charge in [0.1, 0.15) is 0 Å². The maximum absolute atomic E-state index is 3.84. The smallest absolute Gasteiger partial charge is 0.0296 e. The molecule has 1 aliphatic heterocycles. The van der Waals surface area contributed by atoms with E-state index in [1.54, 1.807) is 0 Å². The quantitative estimate of drug-likeness (QED) is 0.845. The summed E-state index contributed by atoms with van der Waals surface area (Å²) in [6, 6.07) is 9.75. The van der Waals surface area contributed by atoms with E-state index in [1.807, 2.05) is 0 Å². The number of hydrogen-bond acceptors (Lipinski definition) is 2. The minimum Gasteiger partial charge on any atom is -0.307 e. The Balaban J connectivity index is 1.91. The summed E-state index contributed by atoms with van der Waals surface area (Å²) in [6.45, 7) is 13.0. The van der Waals surface area contributed by atoms with Crippen molar-refractivity contribution in [3.63, 3.8) is 0 Å². The van der Waals surface area contributed by atoms with E-state index >= 15 is 0 Å². The van der Waals surface area contributed by atoms with E-state index in [4.69, 9.17) is 0 Å². The van der Waals surface area contributed by atoms with Gasteiger partial charge < -0.3 is 10.2 Å². The van der Waals surface area contributed by atoms with Crippen LogP contribution in [0, 0.1) is 12.8 Å². The zero-order valence-corrected chi connectivity index (χ0v) is 14.2. The van der Waals surface area contributed by atoms with Gasteiger partial charge in [0.15, 0.2) is 0 Å². The van der Waals surface area contributed by atoms with Gasteiger partial charge in [-0.1, -0.05) is 31.2 Å². The predicted molar refractivity (Wildman–Crippen MR) is 91.6 cm³/mol. The van der Waals surface area contributed by atoms with Crippen LogP contribution in [0.15, 0.2) is 24.3 Å². The third kappa shape index (κ3) is 4.55. The Hall–Kier alpha value is -0.860. The molecule has 0 spiro atoms. The van der Waals surface area contributed by atoms with Gasteiger partial charge in [-0.2, -0.15) is 0 Å². The summed E-state index contributed by atoms with van der Waals surface area (Å²) in [5.74, 6) is 0.789. The minimum atomic E-state index is 0.433. The Morgan fingerprint density at radius 3 is 2.76 bits per heavy atom. The number of rotatable bonds is 6. The lowest BCUT2D eigenvalue weighted by molar-refractivity contribution is 0.147. The van der Waals surface area contributed by atoms with Crippen LogP contribution in [0.5, 0.6) is 0 Å². The van der Waals surface area contributed by atoms with Crippen molar-refractivity contribution >= 4 is 0 Å². The molecule has 1 fully saturated rings. The van der Waals surface area contributed by atoms with E-state index in [2.05, 4.69) is 62.2 Å². The van der Waals surface area contributed by atoms with Crippen molar-refractivity contribution in [2.24, 2.45) is 5.92 Å². The average molecular weight is 288 g/mol. The molecule has 2 nitrogen and oxygen atoms in total. The van der Waals surface area contributed by atoms with Crippen LogP contribution in [-0.2, 0) is 0 Å². The van der Waals surface area contributed by atoms with E-state index in [9.17, 15) is 0 Å². The van der Waals surface area contributed by atoms with Gasteiger partial charge in [0.25, 0.3) is 0 Å². The highest BCUT2D eigenvalue weighted by atomic mass is 15.1. The molecule has 2 rings (SSSR count). The molecule has 1 aliphatic rings. The van der Waals surface area contributed by atoms with E-state index in [0.29, 0.717) is 12.1 Å². The first-order valence-electron chi connectivity index (χ1n) is 8.65.